The van der Waals surface area contributed by atoms with Crippen molar-refractivity contribution in [2.75, 3.05) is 6.54 Å². The van der Waals surface area contributed by atoms with E-state index in [-0.39, 0.29) is 48.2 Å². The molecule has 31 heavy (non-hydrogen) atoms. The van der Waals surface area contributed by atoms with Gasteiger partial charge in [-0.15, -0.1) is 0 Å². The molecule has 0 fully saturated rings. The molecule has 0 spiro atoms. The maximum absolute atomic E-state index is 12.3. The number of hydrogen-bond donors (Lipinski definition) is 2. The van der Waals surface area contributed by atoms with Gasteiger partial charge in [0.2, 0.25) is 6.29 Å². The first-order valence-electron chi connectivity index (χ1n) is 9.76. The molecule has 0 aliphatic heterocycles. The minimum Gasteiger partial charge on any atom is -0.469 e. The number of allylic oxidation sites excluding steroid dienone is 1. The molecule has 1 aromatic heterocycles. The highest BCUT2D eigenvalue weighted by Crippen LogP contribution is 2.22. The second-order valence-electron chi connectivity index (χ2n) is 7.12. The quantitative estimate of drug-likeness (QED) is 0.485. The molecule has 0 aromatic carbocycles. The van der Waals surface area contributed by atoms with E-state index in [9.17, 15) is 19.2 Å². The van der Waals surface area contributed by atoms with Crippen LogP contribution in [0, 0.1) is 5.92 Å². The number of rotatable bonds is 7. The molecule has 1 aromatic rings. The SMILES string of the molecule is CC(OC(=O)NCCc1cccocc(C2=CC(=O)C(N)CC2=O)o1)OC(=O)C(C)C. The number of ether oxygens (including phenoxy) is 2. The van der Waals surface area contributed by atoms with Crippen LogP contribution in [0.4, 0.5) is 4.79 Å². The lowest BCUT2D eigenvalue weighted by Gasteiger charge is -2.16. The van der Waals surface area contributed by atoms with Gasteiger partial charge in [0.25, 0.3) is 0 Å². The van der Waals surface area contributed by atoms with Crippen molar-refractivity contribution in [3.8, 4) is 0 Å². The number of hydrogen-bond acceptors (Lipinski definition) is 9. The third-order valence-electron chi connectivity index (χ3n) is 4.15. The maximum Gasteiger partial charge on any atom is 0.410 e. The number of Topliss-reactive ketones (excluding diaryl/α,β-unsaturated/α-hetero) is 1. The molecular weight excluding hydrogens is 408 g/mol. The van der Waals surface area contributed by atoms with Crippen LogP contribution in [-0.2, 0) is 30.3 Å². The number of ketones is 2. The number of carbonyl (C=O) groups excluding carboxylic acids is 4. The van der Waals surface area contributed by atoms with Crippen molar-refractivity contribution in [3.05, 3.63) is 42.3 Å². The topological polar surface area (TPSA) is 151 Å². The predicted octanol–water partition coefficient (Wildman–Crippen LogP) is 2.06. The van der Waals surface area contributed by atoms with Gasteiger partial charge in [-0.05, 0) is 18.2 Å². The second-order valence-corrected chi connectivity index (χ2v) is 7.12. The van der Waals surface area contributed by atoms with E-state index in [1.54, 1.807) is 26.0 Å². The van der Waals surface area contributed by atoms with Gasteiger partial charge in [-0.1, -0.05) is 13.8 Å². The van der Waals surface area contributed by atoms with Gasteiger partial charge in [0.05, 0.1) is 23.8 Å². The van der Waals surface area contributed by atoms with Gasteiger partial charge in [0.1, 0.15) is 12.0 Å². The van der Waals surface area contributed by atoms with E-state index in [0.717, 1.165) is 6.08 Å². The summed E-state index contributed by atoms with van der Waals surface area (Å²) >= 11 is 0. The number of nitrogens with two attached hydrogens (primary N) is 1. The zero-order chi connectivity index (χ0) is 23.0. The van der Waals surface area contributed by atoms with E-state index in [2.05, 4.69) is 5.32 Å². The molecule has 0 saturated carbocycles. The molecule has 0 radical (unpaired) electrons. The van der Waals surface area contributed by atoms with Crippen molar-refractivity contribution >= 4 is 29.2 Å². The second kappa shape index (κ2) is 11.1. The Kier molecular flexibility index (Phi) is 8.56. The minimum atomic E-state index is -1.03. The molecule has 1 aliphatic carbocycles. The Morgan fingerprint density at radius 3 is 2.71 bits per heavy atom. The Bertz CT molecular complexity index is 910. The molecule has 168 valence electrons. The molecule has 10 nitrogen and oxygen atoms in total. The molecule has 2 unspecified atom stereocenters. The fourth-order valence-corrected chi connectivity index (χ4v) is 2.50. The van der Waals surface area contributed by atoms with Crippen LogP contribution in [0.1, 0.15) is 38.7 Å². The molecule has 3 N–H and O–H groups in total. The zero-order valence-electron chi connectivity index (χ0n) is 17.6. The predicted molar refractivity (Wildman–Crippen MR) is 108 cm³/mol. The third-order valence-corrected chi connectivity index (χ3v) is 4.15. The van der Waals surface area contributed by atoms with Crippen LogP contribution in [0.25, 0.3) is 5.57 Å². The number of amides is 1. The molecule has 2 rings (SSSR count). The van der Waals surface area contributed by atoms with Gasteiger partial charge in [-0.25, -0.2) is 4.79 Å². The van der Waals surface area contributed by atoms with E-state index >= 15 is 0 Å². The highest BCUT2D eigenvalue weighted by molar-refractivity contribution is 6.28. The molecule has 2 atom stereocenters. The van der Waals surface area contributed by atoms with Crippen LogP contribution in [0.15, 0.2) is 39.6 Å². The van der Waals surface area contributed by atoms with Gasteiger partial charge < -0.3 is 29.4 Å². The van der Waals surface area contributed by atoms with Gasteiger partial charge in [0, 0.05) is 26.3 Å². The standard InChI is InChI=1S/C21H26N2O8/c1-12(2)20(26)29-13(3)30-21(27)23-7-6-14-5-4-8-28-11-19(31-14)15-9-18(25)16(22)10-17(15)24/h4-5,8-9,11-13,16H,6-7,10,22H2,1-3H3,(H,23,27). The first kappa shape index (κ1) is 23.9. The van der Waals surface area contributed by atoms with E-state index in [1.165, 1.54) is 19.5 Å². The summed E-state index contributed by atoms with van der Waals surface area (Å²) in [7, 11) is 0. The summed E-state index contributed by atoms with van der Waals surface area (Å²) in [6.07, 6.45) is 2.05. The molecule has 0 bridgehead atoms. The van der Waals surface area contributed by atoms with Crippen LogP contribution in [-0.4, -0.2) is 42.5 Å². The fourth-order valence-electron chi connectivity index (χ4n) is 2.50. The first-order chi connectivity index (χ1) is 14.7. The summed E-state index contributed by atoms with van der Waals surface area (Å²) in [4.78, 5) is 47.5. The summed E-state index contributed by atoms with van der Waals surface area (Å²) in [5, 5.41) is 2.52. The van der Waals surface area contributed by atoms with Crippen LogP contribution < -0.4 is 11.1 Å². The smallest absolute Gasteiger partial charge is 0.410 e. The Morgan fingerprint density at radius 1 is 1.26 bits per heavy atom. The fraction of sp³-hybridized carbons (Fsp3) is 0.429. The Labute approximate surface area is 179 Å². The van der Waals surface area contributed by atoms with E-state index in [0.29, 0.717) is 5.76 Å². The van der Waals surface area contributed by atoms with E-state index < -0.39 is 24.4 Å². The summed E-state index contributed by atoms with van der Waals surface area (Å²) in [5.41, 5.74) is 5.67. The number of carbonyl (C=O) groups is 4. The number of esters is 1. The summed E-state index contributed by atoms with van der Waals surface area (Å²) in [5.74, 6) is -1.06. The van der Waals surface area contributed by atoms with Crippen molar-refractivity contribution in [2.24, 2.45) is 11.7 Å². The van der Waals surface area contributed by atoms with Gasteiger partial charge >= 0.3 is 12.1 Å². The number of alkyl carbamates (subject to hydrolysis) is 1. The molecule has 1 amide bonds. The highest BCUT2D eigenvalue weighted by Gasteiger charge is 2.27. The first-order valence-corrected chi connectivity index (χ1v) is 9.76. The van der Waals surface area contributed by atoms with Crippen LogP contribution in [0.2, 0.25) is 0 Å². The summed E-state index contributed by atoms with van der Waals surface area (Å²) in [6.45, 7) is 4.90. The van der Waals surface area contributed by atoms with Crippen molar-refractivity contribution in [2.45, 2.75) is 45.9 Å². The lowest BCUT2D eigenvalue weighted by Crippen LogP contribution is -2.35. The molecule has 1 aliphatic rings. The lowest BCUT2D eigenvalue weighted by molar-refractivity contribution is -0.168. The Morgan fingerprint density at radius 2 is 2.00 bits per heavy atom. The lowest BCUT2D eigenvalue weighted by atomic mass is 9.92. The van der Waals surface area contributed by atoms with Gasteiger partial charge in [-0.3, -0.25) is 14.4 Å². The molecule has 0 saturated heterocycles. The maximum atomic E-state index is 12.3. The van der Waals surface area contributed by atoms with Crippen molar-refractivity contribution in [1.82, 2.24) is 5.32 Å². The monoisotopic (exact) mass is 434 g/mol. The van der Waals surface area contributed by atoms with E-state index in [1.807, 2.05) is 0 Å². The summed E-state index contributed by atoms with van der Waals surface area (Å²) < 4.78 is 20.8. The van der Waals surface area contributed by atoms with Crippen LogP contribution in [0.5, 0.6) is 0 Å². The largest absolute Gasteiger partial charge is 0.469 e. The highest BCUT2D eigenvalue weighted by atomic mass is 16.7. The normalized spacial score (nSPS) is 16.9. The van der Waals surface area contributed by atoms with Crippen molar-refractivity contribution in [1.29, 1.82) is 0 Å². The van der Waals surface area contributed by atoms with E-state index in [4.69, 9.17) is 24.0 Å². The average molecular weight is 434 g/mol. The Hall–Kier alpha value is -3.40. The van der Waals surface area contributed by atoms with Gasteiger partial charge in [0.15, 0.2) is 17.3 Å². The molecular formula is C21H26N2O8. The van der Waals surface area contributed by atoms with Crippen LogP contribution >= 0.6 is 0 Å². The number of nitrogens with one attached hydrogen (secondary N) is 1. The Balaban J connectivity index is 2.00. The molecule has 1 heterocycles. The zero-order valence-corrected chi connectivity index (χ0v) is 17.6. The average Bonchev–Trinajstić information content (AvgIpc) is 2.66. The van der Waals surface area contributed by atoms with Crippen molar-refractivity contribution < 1.29 is 37.5 Å². The summed E-state index contributed by atoms with van der Waals surface area (Å²) in [6, 6.07) is 2.31. The van der Waals surface area contributed by atoms with Crippen molar-refractivity contribution in [3.63, 3.8) is 0 Å². The van der Waals surface area contributed by atoms with Crippen LogP contribution in [0.3, 0.4) is 0 Å². The minimum absolute atomic E-state index is 0.0673. The third kappa shape index (κ3) is 7.41. The van der Waals surface area contributed by atoms with Gasteiger partial charge in [-0.2, -0.15) is 0 Å². The molecule has 10 heteroatoms.